The van der Waals surface area contributed by atoms with E-state index in [1.807, 2.05) is 50.2 Å². The Hall–Kier alpha value is -1.71. The quantitative estimate of drug-likeness (QED) is 0.582. The van der Waals surface area contributed by atoms with E-state index in [0.717, 1.165) is 11.4 Å². The lowest BCUT2D eigenvalue weighted by atomic mass is 10.2. The number of nitrogens with two attached hydrogens (primary N) is 1. The van der Waals surface area contributed by atoms with Crippen LogP contribution in [0.1, 0.15) is 6.92 Å². The third-order valence-corrected chi connectivity index (χ3v) is 1.98. The monoisotopic (exact) mass is 206 g/mol. The summed E-state index contributed by atoms with van der Waals surface area (Å²) in [5.74, 6) is 0.451. The second kappa shape index (κ2) is 5.24. The van der Waals surface area contributed by atoms with Crippen LogP contribution in [0.3, 0.4) is 0 Å². The van der Waals surface area contributed by atoms with E-state index in [1.165, 1.54) is 0 Å². The predicted octanol–water partition coefficient (Wildman–Crippen LogP) is 1.50. The van der Waals surface area contributed by atoms with Gasteiger partial charge < -0.3 is 16.0 Å². The summed E-state index contributed by atoms with van der Waals surface area (Å²) in [6.07, 6.45) is 0. The van der Waals surface area contributed by atoms with Gasteiger partial charge in [0.2, 0.25) is 0 Å². The fourth-order valence-corrected chi connectivity index (χ4v) is 1.32. The minimum Gasteiger partial charge on any atom is -0.376 e. The molecule has 1 rings (SSSR count). The maximum absolute atomic E-state index is 5.71. The zero-order chi connectivity index (χ0) is 11.3. The number of para-hydroxylation sites is 2. The van der Waals surface area contributed by atoms with Gasteiger partial charge in [-0.15, -0.1) is 0 Å². The lowest BCUT2D eigenvalue weighted by Gasteiger charge is -2.17. The molecule has 0 spiro atoms. The van der Waals surface area contributed by atoms with E-state index in [1.54, 1.807) is 0 Å². The zero-order valence-electron chi connectivity index (χ0n) is 9.49. The fourth-order valence-electron chi connectivity index (χ4n) is 1.32. The van der Waals surface area contributed by atoms with Gasteiger partial charge in [-0.05, 0) is 19.1 Å². The van der Waals surface area contributed by atoms with E-state index in [-0.39, 0.29) is 0 Å². The highest BCUT2D eigenvalue weighted by Crippen LogP contribution is 2.22. The van der Waals surface area contributed by atoms with Crippen LogP contribution >= 0.6 is 0 Å². The highest BCUT2D eigenvalue weighted by molar-refractivity contribution is 5.95. The molecule has 0 fully saturated rings. The highest BCUT2D eigenvalue weighted by Gasteiger charge is 2.03. The molecule has 0 heterocycles. The van der Waals surface area contributed by atoms with Crippen molar-refractivity contribution in [1.82, 2.24) is 0 Å². The van der Waals surface area contributed by atoms with Crippen molar-refractivity contribution < 1.29 is 0 Å². The molecule has 0 aliphatic heterocycles. The van der Waals surface area contributed by atoms with E-state index in [9.17, 15) is 0 Å². The average Bonchev–Trinajstić information content (AvgIpc) is 2.18. The lowest BCUT2D eigenvalue weighted by molar-refractivity contribution is 1.11. The van der Waals surface area contributed by atoms with Crippen LogP contribution in [-0.2, 0) is 0 Å². The molecule has 15 heavy (non-hydrogen) atoms. The van der Waals surface area contributed by atoms with E-state index in [0.29, 0.717) is 12.5 Å². The van der Waals surface area contributed by atoms with Crippen molar-refractivity contribution in [2.75, 3.05) is 30.9 Å². The van der Waals surface area contributed by atoms with Crippen LogP contribution in [0, 0.1) is 0 Å². The van der Waals surface area contributed by atoms with Crippen molar-refractivity contribution in [1.29, 1.82) is 0 Å². The Bertz CT molecular complexity index is 344. The van der Waals surface area contributed by atoms with E-state index in [4.69, 9.17) is 5.73 Å². The molecule has 82 valence electrons. The van der Waals surface area contributed by atoms with E-state index >= 15 is 0 Å². The van der Waals surface area contributed by atoms with Gasteiger partial charge in [-0.2, -0.15) is 0 Å². The summed E-state index contributed by atoms with van der Waals surface area (Å²) in [6.45, 7) is 2.63. The van der Waals surface area contributed by atoms with Gasteiger partial charge in [-0.25, -0.2) is 0 Å². The summed E-state index contributed by atoms with van der Waals surface area (Å²) >= 11 is 0. The van der Waals surface area contributed by atoms with Gasteiger partial charge in [0.25, 0.3) is 0 Å². The number of guanidine groups is 1. The zero-order valence-corrected chi connectivity index (χ0v) is 9.49. The number of nitrogens with zero attached hydrogens (tertiary/aromatic N) is 2. The van der Waals surface area contributed by atoms with Gasteiger partial charge in [0.05, 0.1) is 11.4 Å². The average molecular weight is 206 g/mol. The molecule has 4 nitrogen and oxygen atoms in total. The van der Waals surface area contributed by atoms with Gasteiger partial charge in [0.1, 0.15) is 0 Å². The summed E-state index contributed by atoms with van der Waals surface area (Å²) in [5, 5.41) is 3.08. The molecule has 1 aromatic carbocycles. The van der Waals surface area contributed by atoms with Crippen LogP contribution in [0.15, 0.2) is 29.3 Å². The Kier molecular flexibility index (Phi) is 3.97. The highest BCUT2D eigenvalue weighted by atomic mass is 15.1. The van der Waals surface area contributed by atoms with Crippen molar-refractivity contribution in [3.63, 3.8) is 0 Å². The number of rotatable bonds is 3. The molecule has 0 aliphatic carbocycles. The number of hydrogen-bond donors (Lipinski definition) is 2. The SMILES string of the molecule is CCN=C(N)Nc1ccccc1N(C)C. The second-order valence-corrected chi connectivity index (χ2v) is 3.40. The van der Waals surface area contributed by atoms with Crippen LogP contribution in [0.2, 0.25) is 0 Å². The maximum Gasteiger partial charge on any atom is 0.193 e. The topological polar surface area (TPSA) is 53.6 Å². The van der Waals surface area contributed by atoms with Gasteiger partial charge >= 0.3 is 0 Å². The molecule has 0 atom stereocenters. The molecule has 0 amide bonds. The van der Waals surface area contributed by atoms with Crippen molar-refractivity contribution in [2.24, 2.45) is 10.7 Å². The molecule has 0 aliphatic rings. The van der Waals surface area contributed by atoms with Crippen LogP contribution in [-0.4, -0.2) is 26.6 Å². The number of hydrogen-bond acceptors (Lipinski definition) is 2. The van der Waals surface area contributed by atoms with Crippen molar-refractivity contribution >= 4 is 17.3 Å². The van der Waals surface area contributed by atoms with Crippen molar-refractivity contribution in [3.8, 4) is 0 Å². The van der Waals surface area contributed by atoms with Crippen molar-refractivity contribution in [3.05, 3.63) is 24.3 Å². The summed E-state index contributed by atoms with van der Waals surface area (Å²) in [7, 11) is 3.99. The Morgan fingerprint density at radius 3 is 2.67 bits per heavy atom. The predicted molar refractivity (Wildman–Crippen MR) is 66.6 cm³/mol. The second-order valence-electron chi connectivity index (χ2n) is 3.40. The lowest BCUT2D eigenvalue weighted by Crippen LogP contribution is -2.24. The smallest absolute Gasteiger partial charge is 0.193 e. The Morgan fingerprint density at radius 2 is 2.07 bits per heavy atom. The van der Waals surface area contributed by atoms with Crippen LogP contribution in [0.25, 0.3) is 0 Å². The van der Waals surface area contributed by atoms with Gasteiger partial charge in [-0.1, -0.05) is 12.1 Å². The van der Waals surface area contributed by atoms with E-state index in [2.05, 4.69) is 10.3 Å². The number of benzene rings is 1. The largest absolute Gasteiger partial charge is 0.376 e. The molecule has 0 unspecified atom stereocenters. The molecule has 0 saturated carbocycles. The minimum absolute atomic E-state index is 0.451. The summed E-state index contributed by atoms with van der Waals surface area (Å²) in [4.78, 5) is 6.11. The van der Waals surface area contributed by atoms with Crippen molar-refractivity contribution in [2.45, 2.75) is 6.92 Å². The standard InChI is InChI=1S/C11H18N4/c1-4-13-11(12)14-9-7-5-6-8-10(9)15(2)3/h5-8H,4H2,1-3H3,(H3,12,13,14). The molecular weight excluding hydrogens is 188 g/mol. The Labute approximate surface area is 90.8 Å². The number of aliphatic imine (C=N–C) groups is 1. The van der Waals surface area contributed by atoms with Gasteiger partial charge in [-0.3, -0.25) is 4.99 Å². The molecule has 1 aromatic rings. The maximum atomic E-state index is 5.71. The molecular formula is C11H18N4. The molecule has 0 saturated heterocycles. The third kappa shape index (κ3) is 3.16. The molecule has 0 radical (unpaired) electrons. The Balaban J connectivity index is 2.89. The number of nitrogens with one attached hydrogen (secondary N) is 1. The number of anilines is 2. The molecule has 0 bridgehead atoms. The molecule has 3 N–H and O–H groups in total. The first kappa shape index (κ1) is 11.4. The first-order valence-electron chi connectivity index (χ1n) is 4.98. The third-order valence-electron chi connectivity index (χ3n) is 1.98. The summed E-state index contributed by atoms with van der Waals surface area (Å²) in [5.41, 5.74) is 7.76. The molecule has 4 heteroatoms. The first-order valence-corrected chi connectivity index (χ1v) is 4.98. The normalized spacial score (nSPS) is 11.3. The minimum atomic E-state index is 0.451. The van der Waals surface area contributed by atoms with Crippen LogP contribution in [0.4, 0.5) is 11.4 Å². The van der Waals surface area contributed by atoms with Gasteiger partial charge in [0.15, 0.2) is 5.96 Å². The fraction of sp³-hybridized carbons (Fsp3) is 0.364. The van der Waals surface area contributed by atoms with E-state index < -0.39 is 0 Å². The Morgan fingerprint density at radius 1 is 1.40 bits per heavy atom. The van der Waals surface area contributed by atoms with Gasteiger partial charge in [0, 0.05) is 20.6 Å². The molecule has 0 aromatic heterocycles. The summed E-state index contributed by atoms with van der Waals surface area (Å²) in [6, 6.07) is 7.97. The van der Waals surface area contributed by atoms with Crippen LogP contribution in [0.5, 0.6) is 0 Å². The summed E-state index contributed by atoms with van der Waals surface area (Å²) < 4.78 is 0. The van der Waals surface area contributed by atoms with Crippen LogP contribution < -0.4 is 16.0 Å². The first-order chi connectivity index (χ1) is 7.15.